The lowest BCUT2D eigenvalue weighted by Crippen LogP contribution is -2.21. The lowest BCUT2D eigenvalue weighted by atomic mass is 10.2. The maximum atomic E-state index is 11.6. The molecule has 22 heavy (non-hydrogen) atoms. The smallest absolute Gasteiger partial charge is 0.234 e. The maximum Gasteiger partial charge on any atom is 0.234 e. The van der Waals surface area contributed by atoms with Crippen molar-refractivity contribution in [1.82, 2.24) is 4.72 Å². The van der Waals surface area contributed by atoms with Crippen LogP contribution >= 0.6 is 12.2 Å². The van der Waals surface area contributed by atoms with Crippen LogP contribution in [0.4, 0.5) is 0 Å². The van der Waals surface area contributed by atoms with Crippen LogP contribution in [-0.4, -0.2) is 11.5 Å². The minimum Gasteiger partial charge on any atom is -0.290 e. The molecule has 0 radical (unpaired) electrons. The van der Waals surface area contributed by atoms with Crippen molar-refractivity contribution < 1.29 is 8.98 Å². The second-order valence-corrected chi connectivity index (χ2v) is 5.61. The van der Waals surface area contributed by atoms with Gasteiger partial charge in [-0.05, 0) is 31.6 Å². The Hall–Kier alpha value is -0.220. The predicted octanol–water partition coefficient (Wildman–Crippen LogP) is 6.14. The summed E-state index contributed by atoms with van der Waals surface area (Å²) in [6.45, 7) is 16.3. The van der Waals surface area contributed by atoms with E-state index in [1.54, 1.807) is 0 Å². The molecule has 0 spiro atoms. The molecule has 0 aromatic carbocycles. The van der Waals surface area contributed by atoms with Crippen LogP contribution in [0, 0.1) is 11.8 Å². The van der Waals surface area contributed by atoms with E-state index < -0.39 is 0 Å². The Labute approximate surface area is 143 Å². The van der Waals surface area contributed by atoms with Crippen LogP contribution in [0.1, 0.15) is 93.9 Å². The van der Waals surface area contributed by atoms with Gasteiger partial charge in [0.25, 0.3) is 0 Å². The van der Waals surface area contributed by atoms with Gasteiger partial charge in [-0.15, -0.1) is 0 Å². The van der Waals surface area contributed by atoms with E-state index >= 15 is 0 Å². The first-order chi connectivity index (χ1) is 10.7. The van der Waals surface area contributed by atoms with Gasteiger partial charge in [0.05, 0.1) is 5.60 Å². The SMILES string of the molecule is CC.CC.CC.CCCC1(OSNC(=O)[C@H]2C[C@H]2CC)CC1. The standard InChI is InChI=1S/C12H21NO2S.3C2H6/c1-3-5-12(6-7-12)15-16-13-11(14)10-8-9(10)4-2;3*1-2/h9-10H,3-8H2,1-2H3,(H,13,14);3*1-2H3/t9-,10+;;;/m1.../s1. The fourth-order valence-electron chi connectivity index (χ4n) is 2.22. The summed E-state index contributed by atoms with van der Waals surface area (Å²) in [7, 11) is 0. The third-order valence-corrected chi connectivity index (χ3v) is 4.38. The topological polar surface area (TPSA) is 38.3 Å². The minimum absolute atomic E-state index is 0.0837. The zero-order valence-electron chi connectivity index (χ0n) is 16.1. The van der Waals surface area contributed by atoms with Crippen molar-refractivity contribution in [2.45, 2.75) is 99.5 Å². The van der Waals surface area contributed by atoms with Crippen LogP contribution in [0.3, 0.4) is 0 Å². The molecule has 1 amide bonds. The summed E-state index contributed by atoms with van der Waals surface area (Å²) in [6, 6.07) is 0. The number of hydrogen-bond donors (Lipinski definition) is 1. The molecule has 0 aliphatic heterocycles. The van der Waals surface area contributed by atoms with Crippen molar-refractivity contribution in [3.63, 3.8) is 0 Å². The summed E-state index contributed by atoms with van der Waals surface area (Å²) in [5.41, 5.74) is 0.0837. The van der Waals surface area contributed by atoms with E-state index in [-0.39, 0.29) is 17.4 Å². The zero-order chi connectivity index (χ0) is 17.6. The van der Waals surface area contributed by atoms with Crippen LogP contribution in [0.15, 0.2) is 0 Å². The quantitative estimate of drug-likeness (QED) is 0.449. The van der Waals surface area contributed by atoms with E-state index in [2.05, 4.69) is 18.6 Å². The molecule has 2 aliphatic rings. The fourth-order valence-corrected chi connectivity index (χ4v) is 2.92. The van der Waals surface area contributed by atoms with Gasteiger partial charge in [0.2, 0.25) is 5.91 Å². The molecule has 0 aromatic heterocycles. The summed E-state index contributed by atoms with van der Waals surface area (Å²) in [5, 5.41) is 0. The van der Waals surface area contributed by atoms with Crippen molar-refractivity contribution in [2.24, 2.45) is 11.8 Å². The average molecular weight is 334 g/mol. The molecular formula is C18H39NO2S. The van der Waals surface area contributed by atoms with Crippen LogP contribution in [0.5, 0.6) is 0 Å². The molecule has 0 unspecified atom stereocenters. The molecule has 2 saturated carbocycles. The van der Waals surface area contributed by atoms with Gasteiger partial charge in [-0.3, -0.25) is 13.7 Å². The lowest BCUT2D eigenvalue weighted by Gasteiger charge is -2.13. The molecule has 0 bridgehead atoms. The van der Waals surface area contributed by atoms with Gasteiger partial charge < -0.3 is 0 Å². The molecular weight excluding hydrogens is 294 g/mol. The number of hydrogen-bond acceptors (Lipinski definition) is 3. The highest BCUT2D eigenvalue weighted by atomic mass is 32.2. The maximum absolute atomic E-state index is 11.6. The molecule has 0 saturated heterocycles. The molecule has 0 heterocycles. The Kier molecular flexibility index (Phi) is 15.7. The third-order valence-electron chi connectivity index (χ3n) is 3.66. The highest BCUT2D eigenvalue weighted by molar-refractivity contribution is 7.93. The Morgan fingerprint density at radius 3 is 2.05 bits per heavy atom. The first-order valence-electron chi connectivity index (χ1n) is 9.35. The van der Waals surface area contributed by atoms with E-state index in [9.17, 15) is 4.79 Å². The summed E-state index contributed by atoms with van der Waals surface area (Å²) in [4.78, 5) is 11.6. The molecule has 2 rings (SSSR count). The van der Waals surface area contributed by atoms with E-state index in [1.807, 2.05) is 41.5 Å². The van der Waals surface area contributed by atoms with Crippen LogP contribution in [-0.2, 0) is 8.98 Å². The number of rotatable bonds is 7. The molecule has 0 aromatic rings. The van der Waals surface area contributed by atoms with Crippen molar-refractivity contribution in [2.75, 3.05) is 0 Å². The minimum atomic E-state index is 0.0837. The first kappa shape index (κ1) is 24.0. The lowest BCUT2D eigenvalue weighted by molar-refractivity contribution is -0.120. The van der Waals surface area contributed by atoms with Gasteiger partial charge in [-0.1, -0.05) is 68.2 Å². The van der Waals surface area contributed by atoms with E-state index in [0.717, 1.165) is 50.8 Å². The molecule has 2 atom stereocenters. The van der Waals surface area contributed by atoms with Gasteiger partial charge >= 0.3 is 0 Å². The summed E-state index contributed by atoms with van der Waals surface area (Å²) in [5.74, 6) is 1.03. The van der Waals surface area contributed by atoms with Gasteiger partial charge in [0.1, 0.15) is 12.2 Å². The molecule has 3 nitrogen and oxygen atoms in total. The van der Waals surface area contributed by atoms with Gasteiger partial charge in [-0.2, -0.15) is 0 Å². The van der Waals surface area contributed by atoms with Crippen molar-refractivity contribution in [3.8, 4) is 0 Å². The van der Waals surface area contributed by atoms with Gasteiger partial charge in [0.15, 0.2) is 0 Å². The summed E-state index contributed by atoms with van der Waals surface area (Å²) >= 11 is 1.15. The van der Waals surface area contributed by atoms with Crippen molar-refractivity contribution >= 4 is 18.1 Å². The molecule has 4 heteroatoms. The normalized spacial score (nSPS) is 22.5. The van der Waals surface area contributed by atoms with Crippen LogP contribution < -0.4 is 4.72 Å². The van der Waals surface area contributed by atoms with Crippen molar-refractivity contribution in [3.05, 3.63) is 0 Å². The molecule has 134 valence electrons. The summed E-state index contributed by atoms with van der Waals surface area (Å²) < 4.78 is 8.50. The van der Waals surface area contributed by atoms with Crippen molar-refractivity contribution in [1.29, 1.82) is 0 Å². The van der Waals surface area contributed by atoms with E-state index in [1.165, 1.54) is 0 Å². The second-order valence-electron chi connectivity index (χ2n) is 5.08. The van der Waals surface area contributed by atoms with Crippen LogP contribution in [0.25, 0.3) is 0 Å². The Balaban J connectivity index is 0. The largest absolute Gasteiger partial charge is 0.290 e. The van der Waals surface area contributed by atoms with Gasteiger partial charge in [0, 0.05) is 5.92 Å². The Morgan fingerprint density at radius 2 is 1.68 bits per heavy atom. The van der Waals surface area contributed by atoms with E-state index in [0.29, 0.717) is 5.92 Å². The predicted molar refractivity (Wildman–Crippen MR) is 99.6 cm³/mol. The molecule has 2 aliphatic carbocycles. The third kappa shape index (κ3) is 9.04. The monoisotopic (exact) mass is 333 g/mol. The van der Waals surface area contributed by atoms with Crippen LogP contribution in [0.2, 0.25) is 0 Å². The number of carbonyl (C=O) groups is 1. The number of nitrogens with one attached hydrogen (secondary N) is 1. The molecule has 1 N–H and O–H groups in total. The highest BCUT2D eigenvalue weighted by Gasteiger charge is 2.45. The fraction of sp³-hybridized carbons (Fsp3) is 0.944. The van der Waals surface area contributed by atoms with Gasteiger partial charge in [-0.25, -0.2) is 0 Å². The number of carbonyl (C=O) groups excluding carboxylic acids is 1. The molecule has 2 fully saturated rings. The second kappa shape index (κ2) is 14.4. The van der Waals surface area contributed by atoms with E-state index in [4.69, 9.17) is 4.18 Å². The highest BCUT2D eigenvalue weighted by Crippen LogP contribution is 2.46. The number of amides is 1. The zero-order valence-corrected chi connectivity index (χ0v) is 16.9. The Bertz CT molecular complexity index is 268. The first-order valence-corrected chi connectivity index (χ1v) is 10.1. The average Bonchev–Trinajstić information content (AvgIpc) is 3.49. The Morgan fingerprint density at radius 1 is 1.14 bits per heavy atom. The summed E-state index contributed by atoms with van der Waals surface area (Å²) in [6.07, 6.45) is 6.72.